The third-order valence-electron chi connectivity index (χ3n) is 3.41. The van der Waals surface area contributed by atoms with Gasteiger partial charge in [0.15, 0.2) is 0 Å². The van der Waals surface area contributed by atoms with Gasteiger partial charge in [0.25, 0.3) is 5.91 Å². The van der Waals surface area contributed by atoms with Crippen LogP contribution in [0.1, 0.15) is 21.3 Å². The minimum absolute atomic E-state index is 0.0930. The lowest BCUT2D eigenvalue weighted by atomic mass is 10.0. The lowest BCUT2D eigenvalue weighted by Crippen LogP contribution is -2.21. The van der Waals surface area contributed by atoms with Crippen molar-refractivity contribution in [2.75, 3.05) is 13.3 Å². The molecule has 0 saturated heterocycles. The highest BCUT2D eigenvalue weighted by Crippen LogP contribution is 2.42. The average molecular weight is 287 g/mol. The van der Waals surface area contributed by atoms with E-state index in [1.54, 1.807) is 36.1 Å². The predicted octanol–water partition coefficient (Wildman–Crippen LogP) is 1.88. The Balaban J connectivity index is 2.31. The van der Waals surface area contributed by atoms with E-state index in [4.69, 9.17) is 0 Å². The van der Waals surface area contributed by atoms with Gasteiger partial charge in [0, 0.05) is 36.6 Å². The smallest absolute Gasteiger partial charge is 0.255 e. The van der Waals surface area contributed by atoms with E-state index in [0.29, 0.717) is 11.3 Å². The Labute approximate surface area is 120 Å². The van der Waals surface area contributed by atoms with Crippen LogP contribution < -0.4 is 5.56 Å². The summed E-state index contributed by atoms with van der Waals surface area (Å²) in [5, 5.41) is -0.0930. The molecule has 0 aliphatic carbocycles. The van der Waals surface area contributed by atoms with Gasteiger partial charge in [0.1, 0.15) is 5.37 Å². The number of hydrogen-bond donors (Lipinski definition) is 1. The van der Waals surface area contributed by atoms with Gasteiger partial charge in [-0.05, 0) is 18.4 Å². The second kappa shape index (κ2) is 4.79. The first-order valence-electron chi connectivity index (χ1n) is 6.11. The van der Waals surface area contributed by atoms with Crippen LogP contribution in [-0.4, -0.2) is 34.1 Å². The summed E-state index contributed by atoms with van der Waals surface area (Å²) >= 11 is 1.56. The van der Waals surface area contributed by atoms with Crippen molar-refractivity contribution in [1.29, 1.82) is 0 Å². The van der Waals surface area contributed by atoms with Crippen LogP contribution in [0.3, 0.4) is 0 Å². The van der Waals surface area contributed by atoms with E-state index < -0.39 is 0 Å². The molecule has 6 heteroatoms. The van der Waals surface area contributed by atoms with Gasteiger partial charge in [-0.2, -0.15) is 0 Å². The maximum atomic E-state index is 12.2. The molecule has 1 atom stereocenters. The van der Waals surface area contributed by atoms with E-state index in [9.17, 15) is 9.59 Å². The lowest BCUT2D eigenvalue weighted by molar-refractivity contribution is 0.0813. The Morgan fingerprint density at radius 1 is 1.40 bits per heavy atom. The van der Waals surface area contributed by atoms with Crippen LogP contribution in [0, 0.1) is 0 Å². The van der Waals surface area contributed by atoms with E-state index in [0.717, 1.165) is 11.1 Å². The van der Waals surface area contributed by atoms with Crippen LogP contribution in [0.2, 0.25) is 0 Å². The molecule has 0 spiro atoms. The summed E-state index contributed by atoms with van der Waals surface area (Å²) in [5.74, 6) is -0.115. The molecule has 0 bridgehead atoms. The molecule has 0 unspecified atom stereocenters. The normalized spacial score (nSPS) is 17.4. The minimum Gasteiger partial charge on any atom is -0.325 e. The van der Waals surface area contributed by atoms with E-state index >= 15 is 0 Å². The predicted molar refractivity (Wildman–Crippen MR) is 78.6 cm³/mol. The molecule has 1 N–H and O–H groups in total. The molecule has 0 aromatic carbocycles. The molecular formula is C14H13N3O2S. The molecule has 1 aliphatic rings. The fraction of sp³-hybridized carbons (Fsp3) is 0.214. The van der Waals surface area contributed by atoms with E-state index in [2.05, 4.69) is 9.97 Å². The lowest BCUT2D eigenvalue weighted by Gasteiger charge is -2.19. The SMILES string of the molecule is CS[C@H]1c2c(cc(=O)[nH]c2-c2cccnc2)C(=O)N1C. The van der Waals surface area contributed by atoms with Crippen molar-refractivity contribution < 1.29 is 4.79 Å². The van der Waals surface area contributed by atoms with Crippen molar-refractivity contribution >= 4 is 17.7 Å². The number of thioether (sulfide) groups is 1. The van der Waals surface area contributed by atoms with Crippen molar-refractivity contribution in [3.8, 4) is 11.3 Å². The Bertz CT molecular complexity index is 727. The largest absolute Gasteiger partial charge is 0.325 e. The first kappa shape index (κ1) is 12.9. The first-order chi connectivity index (χ1) is 9.63. The molecular weight excluding hydrogens is 274 g/mol. The minimum atomic E-state index is -0.272. The second-order valence-electron chi connectivity index (χ2n) is 4.58. The van der Waals surface area contributed by atoms with Crippen molar-refractivity contribution in [2.45, 2.75) is 5.37 Å². The second-order valence-corrected chi connectivity index (χ2v) is 5.50. The molecule has 3 rings (SSSR count). The van der Waals surface area contributed by atoms with Gasteiger partial charge in [-0.3, -0.25) is 14.6 Å². The number of nitrogens with zero attached hydrogens (tertiary/aromatic N) is 2. The van der Waals surface area contributed by atoms with E-state index in [1.165, 1.54) is 6.07 Å². The van der Waals surface area contributed by atoms with Gasteiger partial charge in [0.05, 0.1) is 11.3 Å². The van der Waals surface area contributed by atoms with Crippen LogP contribution in [0.4, 0.5) is 0 Å². The zero-order valence-electron chi connectivity index (χ0n) is 11.1. The number of aromatic amines is 1. The van der Waals surface area contributed by atoms with Gasteiger partial charge in [-0.1, -0.05) is 0 Å². The summed E-state index contributed by atoms with van der Waals surface area (Å²) < 4.78 is 0. The molecule has 2 aromatic rings. The van der Waals surface area contributed by atoms with Crippen molar-refractivity contribution in [2.24, 2.45) is 0 Å². The topological polar surface area (TPSA) is 66.1 Å². The average Bonchev–Trinajstić information content (AvgIpc) is 2.71. The number of carbonyl (C=O) groups excluding carboxylic acids is 1. The number of hydrogen-bond acceptors (Lipinski definition) is 4. The quantitative estimate of drug-likeness (QED) is 0.916. The van der Waals surface area contributed by atoms with Gasteiger partial charge >= 0.3 is 0 Å². The monoisotopic (exact) mass is 287 g/mol. The number of amides is 1. The molecule has 0 saturated carbocycles. The number of fused-ring (bicyclic) bond motifs is 1. The first-order valence-corrected chi connectivity index (χ1v) is 7.40. The van der Waals surface area contributed by atoms with Gasteiger partial charge < -0.3 is 9.88 Å². The summed E-state index contributed by atoms with van der Waals surface area (Å²) in [6.07, 6.45) is 5.31. The Morgan fingerprint density at radius 3 is 2.85 bits per heavy atom. The molecule has 20 heavy (non-hydrogen) atoms. The Morgan fingerprint density at radius 2 is 2.20 bits per heavy atom. The molecule has 0 radical (unpaired) electrons. The molecule has 102 valence electrons. The zero-order valence-corrected chi connectivity index (χ0v) is 11.9. The molecule has 3 heterocycles. The maximum absolute atomic E-state index is 12.2. The summed E-state index contributed by atoms with van der Waals surface area (Å²) in [6, 6.07) is 5.06. The highest BCUT2D eigenvalue weighted by Gasteiger charge is 2.36. The van der Waals surface area contributed by atoms with E-state index in [-0.39, 0.29) is 16.8 Å². The van der Waals surface area contributed by atoms with Crippen molar-refractivity contribution in [3.63, 3.8) is 0 Å². The zero-order chi connectivity index (χ0) is 14.3. The molecule has 5 nitrogen and oxygen atoms in total. The van der Waals surface area contributed by atoms with Crippen LogP contribution >= 0.6 is 11.8 Å². The Kier molecular flexibility index (Phi) is 3.10. The molecule has 0 fully saturated rings. The number of pyridine rings is 2. The maximum Gasteiger partial charge on any atom is 0.255 e. The van der Waals surface area contributed by atoms with Crippen LogP contribution in [0.5, 0.6) is 0 Å². The third kappa shape index (κ3) is 1.84. The molecule has 1 aliphatic heterocycles. The van der Waals surface area contributed by atoms with Gasteiger partial charge in [-0.15, -0.1) is 11.8 Å². The van der Waals surface area contributed by atoms with Crippen molar-refractivity contribution in [3.05, 3.63) is 52.1 Å². The standard InChI is InChI=1S/C14H13N3O2S/c1-17-13(19)9-6-10(18)16-12(11(9)14(17)20-2)8-4-3-5-15-7-8/h3-7,14H,1-2H3,(H,16,18)/t14-/m0/s1. The fourth-order valence-corrected chi connectivity index (χ4v) is 3.40. The summed E-state index contributed by atoms with van der Waals surface area (Å²) in [4.78, 5) is 32.6. The number of carbonyl (C=O) groups is 1. The number of rotatable bonds is 2. The van der Waals surface area contributed by atoms with Crippen LogP contribution in [0.15, 0.2) is 35.4 Å². The van der Waals surface area contributed by atoms with Gasteiger partial charge in [0.2, 0.25) is 5.56 Å². The summed E-state index contributed by atoms with van der Waals surface area (Å²) in [5.41, 5.74) is 2.56. The van der Waals surface area contributed by atoms with Crippen LogP contribution in [-0.2, 0) is 0 Å². The number of aromatic nitrogens is 2. The number of H-pyrrole nitrogens is 1. The fourth-order valence-electron chi connectivity index (χ4n) is 2.51. The number of nitrogens with one attached hydrogen (secondary N) is 1. The highest BCUT2D eigenvalue weighted by atomic mass is 32.2. The summed E-state index contributed by atoms with van der Waals surface area (Å²) in [7, 11) is 1.75. The third-order valence-corrected chi connectivity index (χ3v) is 4.40. The van der Waals surface area contributed by atoms with Crippen LogP contribution in [0.25, 0.3) is 11.3 Å². The van der Waals surface area contributed by atoms with E-state index in [1.807, 2.05) is 18.4 Å². The highest BCUT2D eigenvalue weighted by molar-refractivity contribution is 7.98. The van der Waals surface area contributed by atoms with Gasteiger partial charge in [-0.25, -0.2) is 0 Å². The molecule has 1 amide bonds. The molecule has 2 aromatic heterocycles. The van der Waals surface area contributed by atoms with Crippen molar-refractivity contribution in [1.82, 2.24) is 14.9 Å². The Hall–Kier alpha value is -2.08. The summed E-state index contributed by atoms with van der Waals surface area (Å²) in [6.45, 7) is 0.